The van der Waals surface area contributed by atoms with Crippen molar-refractivity contribution < 1.29 is 8.42 Å². The predicted octanol–water partition coefficient (Wildman–Crippen LogP) is 2.06. The number of nitrogens with two attached hydrogens (primary N) is 1. The normalized spacial score (nSPS) is 11.6. The van der Waals surface area contributed by atoms with E-state index in [1.165, 1.54) is 23.9 Å². The van der Waals surface area contributed by atoms with Gasteiger partial charge in [-0.3, -0.25) is 0 Å². The number of nitrogen functional groups attached to an aromatic ring is 1. The van der Waals surface area contributed by atoms with E-state index in [1.807, 2.05) is 6.26 Å². The molecule has 0 aliphatic rings. The molecule has 0 bridgehead atoms. The molecule has 84 valence electrons. The van der Waals surface area contributed by atoms with Crippen LogP contribution in [-0.2, 0) is 9.84 Å². The van der Waals surface area contributed by atoms with Gasteiger partial charge < -0.3 is 5.73 Å². The number of hydrogen-bond donors (Lipinski definition) is 1. The highest BCUT2D eigenvalue weighted by Crippen LogP contribution is 2.23. The van der Waals surface area contributed by atoms with E-state index in [-0.39, 0.29) is 16.3 Å². The van der Waals surface area contributed by atoms with Crippen molar-refractivity contribution in [2.75, 3.05) is 23.5 Å². The zero-order valence-electron chi connectivity index (χ0n) is 8.23. The van der Waals surface area contributed by atoms with E-state index in [2.05, 4.69) is 0 Å². The lowest BCUT2D eigenvalue weighted by Crippen LogP contribution is -2.11. The molecule has 0 amide bonds. The van der Waals surface area contributed by atoms with Crippen LogP contribution in [0.15, 0.2) is 23.1 Å². The van der Waals surface area contributed by atoms with Crippen LogP contribution in [0.2, 0.25) is 5.02 Å². The summed E-state index contributed by atoms with van der Waals surface area (Å²) in [6, 6.07) is 4.48. The minimum Gasteiger partial charge on any atom is -0.398 e. The summed E-state index contributed by atoms with van der Waals surface area (Å²) in [5.41, 5.74) is 5.85. The second-order valence-electron chi connectivity index (χ2n) is 2.99. The second kappa shape index (κ2) is 5.09. The topological polar surface area (TPSA) is 60.2 Å². The molecule has 2 N–H and O–H groups in total. The average Bonchev–Trinajstić information content (AvgIpc) is 2.18. The van der Waals surface area contributed by atoms with E-state index in [9.17, 15) is 8.42 Å². The van der Waals surface area contributed by atoms with Crippen LogP contribution in [-0.4, -0.2) is 26.2 Å². The summed E-state index contributed by atoms with van der Waals surface area (Å²) in [6.45, 7) is 0. The van der Waals surface area contributed by atoms with Crippen molar-refractivity contribution in [1.29, 1.82) is 0 Å². The summed E-state index contributed by atoms with van der Waals surface area (Å²) in [5.74, 6) is 0.632. The van der Waals surface area contributed by atoms with Crippen molar-refractivity contribution in [3.05, 3.63) is 23.2 Å². The summed E-state index contributed by atoms with van der Waals surface area (Å²) < 4.78 is 23.6. The SMILES string of the molecule is CSCCS(=O)(=O)c1cc(Cl)ccc1N. The Morgan fingerprint density at radius 1 is 1.47 bits per heavy atom. The van der Waals surface area contributed by atoms with Crippen LogP contribution >= 0.6 is 23.4 Å². The Bertz CT molecular complexity index is 445. The summed E-state index contributed by atoms with van der Waals surface area (Å²) in [7, 11) is -3.31. The maximum atomic E-state index is 11.8. The summed E-state index contributed by atoms with van der Waals surface area (Å²) in [4.78, 5) is 0.129. The monoisotopic (exact) mass is 265 g/mol. The first-order chi connectivity index (χ1) is 6.97. The van der Waals surface area contributed by atoms with Crippen LogP contribution in [0.5, 0.6) is 0 Å². The minimum absolute atomic E-state index is 0.0821. The Balaban J connectivity index is 3.09. The first kappa shape index (κ1) is 12.7. The lowest BCUT2D eigenvalue weighted by atomic mass is 10.3. The Kier molecular flexibility index (Phi) is 4.31. The molecule has 1 aromatic carbocycles. The number of anilines is 1. The zero-order chi connectivity index (χ0) is 11.5. The number of hydrogen-bond acceptors (Lipinski definition) is 4. The molecule has 3 nitrogen and oxygen atoms in total. The smallest absolute Gasteiger partial charge is 0.181 e. The van der Waals surface area contributed by atoms with E-state index in [0.29, 0.717) is 10.8 Å². The second-order valence-corrected chi connectivity index (χ2v) is 6.49. The summed E-state index contributed by atoms with van der Waals surface area (Å²) >= 11 is 7.21. The Morgan fingerprint density at radius 2 is 2.13 bits per heavy atom. The molecule has 0 unspecified atom stereocenters. The van der Waals surface area contributed by atoms with Gasteiger partial charge in [0.1, 0.15) is 0 Å². The quantitative estimate of drug-likeness (QED) is 0.847. The molecule has 0 saturated carbocycles. The zero-order valence-corrected chi connectivity index (χ0v) is 10.6. The molecule has 0 radical (unpaired) electrons. The van der Waals surface area contributed by atoms with Crippen LogP contribution in [0.4, 0.5) is 5.69 Å². The van der Waals surface area contributed by atoms with E-state index >= 15 is 0 Å². The Labute approximate surface area is 98.9 Å². The first-order valence-electron chi connectivity index (χ1n) is 4.24. The molecule has 15 heavy (non-hydrogen) atoms. The maximum Gasteiger partial charge on any atom is 0.181 e. The van der Waals surface area contributed by atoms with Gasteiger partial charge in [0.2, 0.25) is 0 Å². The minimum atomic E-state index is -3.31. The summed E-state index contributed by atoms with van der Waals surface area (Å²) in [5, 5.41) is 0.381. The number of halogens is 1. The molecule has 0 aromatic heterocycles. The van der Waals surface area contributed by atoms with Gasteiger partial charge in [0.05, 0.1) is 16.3 Å². The van der Waals surface area contributed by atoms with Gasteiger partial charge in [0.25, 0.3) is 0 Å². The first-order valence-corrected chi connectivity index (χ1v) is 7.66. The van der Waals surface area contributed by atoms with Gasteiger partial charge in [0, 0.05) is 10.8 Å². The van der Waals surface area contributed by atoms with Crippen molar-refractivity contribution in [2.24, 2.45) is 0 Å². The number of sulfone groups is 1. The molecule has 1 rings (SSSR count). The standard InChI is InChI=1S/C9H12ClNO2S2/c1-14-4-5-15(12,13)9-6-7(10)2-3-8(9)11/h2-3,6H,4-5,11H2,1H3. The molecule has 0 heterocycles. The third-order valence-electron chi connectivity index (χ3n) is 1.87. The fourth-order valence-electron chi connectivity index (χ4n) is 1.08. The van der Waals surface area contributed by atoms with Gasteiger partial charge in [-0.25, -0.2) is 8.42 Å². The van der Waals surface area contributed by atoms with Crippen molar-refractivity contribution in [2.45, 2.75) is 4.90 Å². The fourth-order valence-corrected chi connectivity index (χ4v) is 3.82. The van der Waals surface area contributed by atoms with Crippen molar-refractivity contribution in [3.63, 3.8) is 0 Å². The Hall–Kier alpha value is -0.390. The van der Waals surface area contributed by atoms with Crippen LogP contribution in [0, 0.1) is 0 Å². The molecular weight excluding hydrogens is 254 g/mol. The van der Waals surface area contributed by atoms with Gasteiger partial charge in [-0.15, -0.1) is 0 Å². The highest BCUT2D eigenvalue weighted by Gasteiger charge is 2.17. The fraction of sp³-hybridized carbons (Fsp3) is 0.333. The molecular formula is C9H12ClNO2S2. The molecule has 0 atom stereocenters. The lowest BCUT2D eigenvalue weighted by Gasteiger charge is -2.06. The van der Waals surface area contributed by atoms with Crippen LogP contribution in [0.1, 0.15) is 0 Å². The molecule has 0 aliphatic carbocycles. The molecule has 0 spiro atoms. The molecule has 6 heteroatoms. The van der Waals surface area contributed by atoms with Gasteiger partial charge >= 0.3 is 0 Å². The predicted molar refractivity (Wildman–Crippen MR) is 66.3 cm³/mol. The van der Waals surface area contributed by atoms with Crippen LogP contribution in [0.25, 0.3) is 0 Å². The van der Waals surface area contributed by atoms with Crippen LogP contribution in [0.3, 0.4) is 0 Å². The van der Waals surface area contributed by atoms with Gasteiger partial charge in [-0.2, -0.15) is 11.8 Å². The Morgan fingerprint density at radius 3 is 2.73 bits per heavy atom. The molecule has 0 aliphatic heterocycles. The third-order valence-corrected chi connectivity index (χ3v) is 4.74. The van der Waals surface area contributed by atoms with E-state index in [4.69, 9.17) is 17.3 Å². The van der Waals surface area contributed by atoms with Gasteiger partial charge in [0.15, 0.2) is 9.84 Å². The average molecular weight is 266 g/mol. The van der Waals surface area contributed by atoms with Gasteiger partial charge in [-0.05, 0) is 24.5 Å². The highest BCUT2D eigenvalue weighted by atomic mass is 35.5. The number of thioether (sulfide) groups is 1. The molecule has 0 saturated heterocycles. The highest BCUT2D eigenvalue weighted by molar-refractivity contribution is 8.00. The largest absolute Gasteiger partial charge is 0.398 e. The lowest BCUT2D eigenvalue weighted by molar-refractivity contribution is 0.598. The molecule has 1 aromatic rings. The van der Waals surface area contributed by atoms with E-state index < -0.39 is 9.84 Å². The molecule has 0 fully saturated rings. The number of benzene rings is 1. The summed E-state index contributed by atoms with van der Waals surface area (Å²) in [6.07, 6.45) is 1.86. The number of rotatable bonds is 4. The van der Waals surface area contributed by atoms with Crippen molar-refractivity contribution >= 4 is 38.9 Å². The van der Waals surface area contributed by atoms with Crippen molar-refractivity contribution in [3.8, 4) is 0 Å². The van der Waals surface area contributed by atoms with E-state index in [1.54, 1.807) is 6.07 Å². The maximum absolute atomic E-state index is 11.8. The van der Waals surface area contributed by atoms with Crippen LogP contribution < -0.4 is 5.73 Å². The van der Waals surface area contributed by atoms with Gasteiger partial charge in [-0.1, -0.05) is 11.6 Å². The third kappa shape index (κ3) is 3.29. The van der Waals surface area contributed by atoms with E-state index in [0.717, 1.165) is 0 Å². The van der Waals surface area contributed by atoms with Crippen molar-refractivity contribution in [1.82, 2.24) is 0 Å².